The highest BCUT2D eigenvalue weighted by Crippen LogP contribution is 2.42. The van der Waals surface area contributed by atoms with Crippen LogP contribution in [-0.2, 0) is 4.79 Å². The molecule has 1 amide bonds. The Balaban J connectivity index is 2.55. The van der Waals surface area contributed by atoms with Crippen molar-refractivity contribution in [3.63, 3.8) is 0 Å². The minimum absolute atomic E-state index is 0.00664. The van der Waals surface area contributed by atoms with Crippen LogP contribution in [0.5, 0.6) is 0 Å². The number of amides is 1. The lowest BCUT2D eigenvalue weighted by Crippen LogP contribution is -2.49. The van der Waals surface area contributed by atoms with E-state index in [0.717, 1.165) is 11.8 Å². The van der Waals surface area contributed by atoms with Gasteiger partial charge in [0.2, 0.25) is 5.91 Å². The van der Waals surface area contributed by atoms with Gasteiger partial charge in [0.25, 0.3) is 0 Å². The number of primary amides is 1. The van der Waals surface area contributed by atoms with Gasteiger partial charge in [0, 0.05) is 10.9 Å². The van der Waals surface area contributed by atoms with Crippen molar-refractivity contribution in [2.75, 3.05) is 5.75 Å². The maximum absolute atomic E-state index is 11.0. The summed E-state index contributed by atoms with van der Waals surface area (Å²) >= 11 is 7.34. The Labute approximate surface area is 143 Å². The lowest BCUT2D eigenvalue weighted by Gasteiger charge is -2.35. The van der Waals surface area contributed by atoms with Crippen LogP contribution in [0.3, 0.4) is 0 Å². The number of carbonyl (C=O) groups excluding carboxylic acids is 1. The monoisotopic (exact) mass is 347 g/mol. The second-order valence-electron chi connectivity index (χ2n) is 4.93. The first-order valence-electron chi connectivity index (χ1n) is 6.71. The van der Waals surface area contributed by atoms with E-state index < -0.39 is 23.9 Å². The van der Waals surface area contributed by atoms with Gasteiger partial charge in [-0.15, -0.1) is 0 Å². The summed E-state index contributed by atoms with van der Waals surface area (Å²) in [4.78, 5) is 11.0. The highest BCUT2D eigenvalue weighted by molar-refractivity contribution is 8.03. The minimum Gasteiger partial charge on any atom is -0.369 e. The van der Waals surface area contributed by atoms with Crippen LogP contribution < -0.4 is 16.8 Å². The van der Waals surface area contributed by atoms with Crippen LogP contribution in [0.25, 0.3) is 0 Å². The van der Waals surface area contributed by atoms with E-state index in [0.29, 0.717) is 21.2 Å². The summed E-state index contributed by atoms with van der Waals surface area (Å²) in [5, 5.41) is 22.9. The molecule has 3 atom stereocenters. The topological polar surface area (TPSA) is 129 Å². The van der Waals surface area contributed by atoms with Crippen LogP contribution in [0.15, 0.2) is 34.9 Å². The summed E-state index contributed by atoms with van der Waals surface area (Å²) in [6, 6.07) is 11.3. The first kappa shape index (κ1) is 17.2. The molecule has 23 heavy (non-hydrogen) atoms. The fourth-order valence-corrected chi connectivity index (χ4v) is 3.55. The lowest BCUT2D eigenvalue weighted by molar-refractivity contribution is -0.115. The van der Waals surface area contributed by atoms with E-state index in [-0.39, 0.29) is 5.75 Å². The Morgan fingerprint density at radius 1 is 1.39 bits per heavy atom. The largest absolute Gasteiger partial charge is 0.369 e. The standard InChI is InChI=1S/C15H14ClN5OS/c16-11-4-2-1-3-8(11)13-9(5-17)14(20)21-15(10(13)6-18)23-7-12(19)22/h1-4,9,13-14,21H,7,20H2,(H2,19,22)/t9-,13-,14-/m1/s1. The van der Waals surface area contributed by atoms with Crippen LogP contribution in [0.1, 0.15) is 11.5 Å². The zero-order valence-electron chi connectivity index (χ0n) is 12.0. The number of nitriles is 2. The molecule has 118 valence electrons. The number of allylic oxidation sites excluding steroid dienone is 1. The summed E-state index contributed by atoms with van der Waals surface area (Å²) in [5.74, 6) is -1.73. The second kappa shape index (κ2) is 7.38. The molecule has 6 nitrogen and oxygen atoms in total. The van der Waals surface area contributed by atoms with Crippen molar-refractivity contribution in [1.29, 1.82) is 10.5 Å². The third-order valence-corrected chi connectivity index (χ3v) is 4.87. The summed E-state index contributed by atoms with van der Waals surface area (Å²) in [6.07, 6.45) is -0.686. The highest BCUT2D eigenvalue weighted by atomic mass is 35.5. The molecular formula is C15H14ClN5OS. The van der Waals surface area contributed by atoms with E-state index >= 15 is 0 Å². The number of nitrogens with one attached hydrogen (secondary N) is 1. The first-order valence-corrected chi connectivity index (χ1v) is 8.07. The molecule has 0 aliphatic carbocycles. The number of halogens is 1. The van der Waals surface area contributed by atoms with E-state index in [2.05, 4.69) is 17.5 Å². The summed E-state index contributed by atoms with van der Waals surface area (Å²) in [5.41, 5.74) is 12.2. The Bertz CT molecular complexity index is 736. The molecule has 0 unspecified atom stereocenters. The average molecular weight is 348 g/mol. The number of rotatable bonds is 4. The van der Waals surface area contributed by atoms with E-state index in [1.54, 1.807) is 24.3 Å². The molecule has 1 aromatic rings. The molecule has 1 aromatic carbocycles. The van der Waals surface area contributed by atoms with Crippen molar-refractivity contribution >= 4 is 29.3 Å². The van der Waals surface area contributed by atoms with E-state index in [1.165, 1.54) is 0 Å². The Morgan fingerprint density at radius 2 is 2.09 bits per heavy atom. The summed E-state index contributed by atoms with van der Waals surface area (Å²) < 4.78 is 0. The number of thioether (sulfide) groups is 1. The zero-order chi connectivity index (χ0) is 17.0. The maximum atomic E-state index is 11.0. The molecule has 1 aliphatic rings. The predicted octanol–water partition coefficient (Wildman–Crippen LogP) is 1.41. The summed E-state index contributed by atoms with van der Waals surface area (Å²) in [7, 11) is 0. The van der Waals surface area contributed by atoms with Gasteiger partial charge in [0.05, 0.1) is 40.6 Å². The molecule has 0 aromatic heterocycles. The molecule has 0 bridgehead atoms. The third kappa shape index (κ3) is 3.59. The van der Waals surface area contributed by atoms with Crippen LogP contribution in [-0.4, -0.2) is 17.8 Å². The Kier molecular flexibility index (Phi) is 5.51. The van der Waals surface area contributed by atoms with Gasteiger partial charge in [0.15, 0.2) is 0 Å². The molecule has 0 spiro atoms. The van der Waals surface area contributed by atoms with Gasteiger partial charge in [-0.25, -0.2) is 0 Å². The third-order valence-electron chi connectivity index (χ3n) is 3.47. The number of hydrogen-bond acceptors (Lipinski definition) is 6. The van der Waals surface area contributed by atoms with Crippen LogP contribution in [0, 0.1) is 28.6 Å². The molecule has 0 saturated heterocycles. The van der Waals surface area contributed by atoms with Gasteiger partial charge in [-0.05, 0) is 11.6 Å². The molecule has 8 heteroatoms. The van der Waals surface area contributed by atoms with Crippen molar-refractivity contribution in [3.05, 3.63) is 45.5 Å². The average Bonchev–Trinajstić information content (AvgIpc) is 2.52. The zero-order valence-corrected chi connectivity index (χ0v) is 13.6. The van der Waals surface area contributed by atoms with E-state index in [1.807, 2.05) is 0 Å². The number of nitrogens with two attached hydrogens (primary N) is 2. The summed E-state index contributed by atoms with van der Waals surface area (Å²) in [6.45, 7) is 0. The van der Waals surface area contributed by atoms with Gasteiger partial charge < -0.3 is 16.8 Å². The van der Waals surface area contributed by atoms with E-state index in [9.17, 15) is 15.3 Å². The van der Waals surface area contributed by atoms with Crippen LogP contribution >= 0.6 is 23.4 Å². The smallest absolute Gasteiger partial charge is 0.227 e. The predicted molar refractivity (Wildman–Crippen MR) is 88.7 cm³/mol. The molecule has 0 radical (unpaired) electrons. The van der Waals surface area contributed by atoms with Crippen molar-refractivity contribution in [2.45, 2.75) is 12.1 Å². The molecule has 1 heterocycles. The van der Waals surface area contributed by atoms with Crippen molar-refractivity contribution in [1.82, 2.24) is 5.32 Å². The fourth-order valence-electron chi connectivity index (χ4n) is 2.46. The molecule has 0 fully saturated rings. The van der Waals surface area contributed by atoms with Crippen molar-refractivity contribution in [2.24, 2.45) is 17.4 Å². The molecule has 1 aliphatic heterocycles. The minimum atomic E-state index is -0.686. The second-order valence-corrected chi connectivity index (χ2v) is 6.33. The van der Waals surface area contributed by atoms with Gasteiger partial charge in [-0.1, -0.05) is 41.6 Å². The van der Waals surface area contributed by atoms with Crippen molar-refractivity contribution < 1.29 is 4.79 Å². The molecular weight excluding hydrogens is 334 g/mol. The van der Waals surface area contributed by atoms with E-state index in [4.69, 9.17) is 23.1 Å². The quantitative estimate of drug-likeness (QED) is 0.755. The number of hydrogen-bond donors (Lipinski definition) is 3. The number of benzene rings is 1. The van der Waals surface area contributed by atoms with Gasteiger partial charge in [-0.3, -0.25) is 4.79 Å². The first-order chi connectivity index (χ1) is 11.0. The molecule has 5 N–H and O–H groups in total. The molecule has 2 rings (SSSR count). The van der Waals surface area contributed by atoms with Gasteiger partial charge in [0.1, 0.15) is 0 Å². The van der Waals surface area contributed by atoms with Crippen molar-refractivity contribution in [3.8, 4) is 12.1 Å². The van der Waals surface area contributed by atoms with Gasteiger partial charge in [-0.2, -0.15) is 10.5 Å². The Morgan fingerprint density at radius 3 is 2.65 bits per heavy atom. The Hall–Kier alpha value is -2.19. The SMILES string of the molecule is N#CC1=C(SCC(N)=O)N[C@@H](N)[C@H](C#N)[C@H]1c1ccccc1Cl. The van der Waals surface area contributed by atoms with Crippen LogP contribution in [0.4, 0.5) is 0 Å². The normalized spacial score (nSPS) is 23.6. The number of carbonyl (C=O) groups is 1. The van der Waals surface area contributed by atoms with Crippen LogP contribution in [0.2, 0.25) is 5.02 Å². The molecule has 0 saturated carbocycles. The maximum Gasteiger partial charge on any atom is 0.227 e. The lowest BCUT2D eigenvalue weighted by atomic mass is 9.78. The fraction of sp³-hybridized carbons (Fsp3) is 0.267. The highest BCUT2D eigenvalue weighted by Gasteiger charge is 2.39. The van der Waals surface area contributed by atoms with Gasteiger partial charge >= 0.3 is 0 Å². The number of nitrogens with zero attached hydrogens (tertiary/aromatic N) is 2.